The van der Waals surface area contributed by atoms with Gasteiger partial charge in [0.15, 0.2) is 5.76 Å². The second-order valence-electron chi connectivity index (χ2n) is 5.95. The van der Waals surface area contributed by atoms with Crippen LogP contribution in [0.4, 0.5) is 4.39 Å². The molecule has 0 unspecified atom stereocenters. The average Bonchev–Trinajstić information content (AvgIpc) is 3.29. The van der Waals surface area contributed by atoms with Crippen LogP contribution in [0.5, 0.6) is 5.75 Å². The molecule has 0 spiro atoms. The van der Waals surface area contributed by atoms with Crippen molar-refractivity contribution >= 4 is 17.5 Å². The topological polar surface area (TPSA) is 60.5 Å². The van der Waals surface area contributed by atoms with Gasteiger partial charge in [0.05, 0.1) is 17.3 Å². The Hall–Kier alpha value is -2.80. The Morgan fingerprint density at radius 2 is 2.15 bits per heavy atom. The number of benzene rings is 1. The van der Waals surface area contributed by atoms with Gasteiger partial charge in [-0.25, -0.2) is 4.39 Å². The van der Waals surface area contributed by atoms with Crippen LogP contribution in [0, 0.1) is 5.82 Å². The van der Waals surface area contributed by atoms with E-state index in [1.165, 1.54) is 23.1 Å². The van der Waals surface area contributed by atoms with E-state index in [4.69, 9.17) is 20.8 Å². The minimum Gasteiger partial charge on any atom is -0.484 e. The molecule has 2 aromatic heterocycles. The highest BCUT2D eigenvalue weighted by Crippen LogP contribution is 2.26. The van der Waals surface area contributed by atoms with E-state index in [0.29, 0.717) is 18.1 Å². The molecular weight excluding hydrogens is 373 g/mol. The number of hydrogen-bond donors (Lipinski definition) is 0. The summed E-state index contributed by atoms with van der Waals surface area (Å²) in [4.78, 5) is 14.0. The molecule has 3 aromatic rings. The normalized spacial score (nSPS) is 10.8. The van der Waals surface area contributed by atoms with Crippen LogP contribution in [0.2, 0.25) is 5.02 Å². The van der Waals surface area contributed by atoms with Gasteiger partial charge >= 0.3 is 0 Å². The molecule has 0 aliphatic rings. The summed E-state index contributed by atoms with van der Waals surface area (Å²) >= 11 is 5.92. The summed E-state index contributed by atoms with van der Waals surface area (Å²) in [5.41, 5.74) is 0.800. The number of ether oxygens (including phenoxy) is 1. The Balaban J connectivity index is 1.59. The number of aromatic nitrogens is 2. The number of carbonyl (C=O) groups is 1. The quantitative estimate of drug-likeness (QED) is 0.607. The highest BCUT2D eigenvalue weighted by molar-refractivity contribution is 6.32. The third-order valence-electron chi connectivity index (χ3n) is 3.90. The van der Waals surface area contributed by atoms with Crippen LogP contribution in [0.25, 0.3) is 0 Å². The molecule has 142 valence electrons. The molecule has 8 heteroatoms. The molecule has 1 aromatic carbocycles. The third kappa shape index (κ3) is 4.68. The van der Waals surface area contributed by atoms with Crippen molar-refractivity contribution in [2.45, 2.75) is 26.6 Å². The van der Waals surface area contributed by atoms with Crippen LogP contribution in [-0.4, -0.2) is 27.6 Å². The van der Waals surface area contributed by atoms with Crippen molar-refractivity contribution in [3.63, 3.8) is 0 Å². The van der Waals surface area contributed by atoms with E-state index in [0.717, 1.165) is 12.2 Å². The van der Waals surface area contributed by atoms with Crippen molar-refractivity contribution in [1.82, 2.24) is 14.7 Å². The fourth-order valence-electron chi connectivity index (χ4n) is 2.48. The van der Waals surface area contributed by atoms with Crippen LogP contribution in [-0.2, 0) is 19.7 Å². The summed E-state index contributed by atoms with van der Waals surface area (Å²) in [6, 6.07) is 8.99. The van der Waals surface area contributed by atoms with E-state index in [2.05, 4.69) is 5.10 Å². The predicted octanol–water partition coefficient (Wildman–Crippen LogP) is 4.14. The first-order valence-corrected chi connectivity index (χ1v) is 8.78. The van der Waals surface area contributed by atoms with Gasteiger partial charge in [-0.1, -0.05) is 11.6 Å². The lowest BCUT2D eigenvalue weighted by Crippen LogP contribution is -2.26. The fraction of sp³-hybridized carbons (Fsp3) is 0.263. The molecule has 2 heterocycles. The Morgan fingerprint density at radius 3 is 2.85 bits per heavy atom. The van der Waals surface area contributed by atoms with Gasteiger partial charge in [0.1, 0.15) is 23.9 Å². The predicted molar refractivity (Wildman–Crippen MR) is 98.1 cm³/mol. The van der Waals surface area contributed by atoms with E-state index >= 15 is 0 Å². The molecule has 1 amide bonds. The second-order valence-corrected chi connectivity index (χ2v) is 6.36. The molecule has 0 fully saturated rings. The lowest BCUT2D eigenvalue weighted by molar-refractivity contribution is 0.0747. The number of furan rings is 1. The van der Waals surface area contributed by atoms with Gasteiger partial charge in [0.25, 0.3) is 5.91 Å². The maximum atomic E-state index is 13.0. The summed E-state index contributed by atoms with van der Waals surface area (Å²) in [5.74, 6) is 0.307. The number of halogens is 2. The molecule has 3 rings (SSSR count). The summed E-state index contributed by atoms with van der Waals surface area (Å²) in [7, 11) is 1.68. The van der Waals surface area contributed by atoms with E-state index in [9.17, 15) is 9.18 Å². The average molecular weight is 392 g/mol. The number of amides is 1. The maximum Gasteiger partial charge on any atom is 0.289 e. The highest BCUT2D eigenvalue weighted by Gasteiger charge is 2.17. The van der Waals surface area contributed by atoms with Gasteiger partial charge in [-0.3, -0.25) is 9.48 Å². The van der Waals surface area contributed by atoms with Crippen molar-refractivity contribution in [2.75, 3.05) is 7.05 Å². The van der Waals surface area contributed by atoms with E-state index in [1.54, 1.807) is 23.9 Å². The minimum atomic E-state index is -0.440. The van der Waals surface area contributed by atoms with Crippen LogP contribution < -0.4 is 4.74 Å². The Kier molecular flexibility index (Phi) is 5.81. The summed E-state index contributed by atoms with van der Waals surface area (Å²) in [6.07, 6.45) is 1.87. The molecule has 0 atom stereocenters. The fourth-order valence-corrected chi connectivity index (χ4v) is 2.70. The van der Waals surface area contributed by atoms with Crippen LogP contribution in [0.15, 0.2) is 47.0 Å². The van der Waals surface area contributed by atoms with E-state index < -0.39 is 5.82 Å². The lowest BCUT2D eigenvalue weighted by Gasteiger charge is -2.14. The second kappa shape index (κ2) is 8.26. The summed E-state index contributed by atoms with van der Waals surface area (Å²) < 4.78 is 25.9. The molecule has 0 bridgehead atoms. The number of rotatable bonds is 7. The summed E-state index contributed by atoms with van der Waals surface area (Å²) in [6.45, 7) is 3.22. The molecule has 0 aliphatic carbocycles. The van der Waals surface area contributed by atoms with Gasteiger partial charge < -0.3 is 14.1 Å². The molecule has 0 N–H and O–H groups in total. The number of nitrogens with zero attached hydrogens (tertiary/aromatic N) is 3. The molecule has 0 aliphatic heterocycles. The van der Waals surface area contributed by atoms with Crippen molar-refractivity contribution in [3.05, 3.63) is 70.6 Å². The molecular formula is C19H19ClFN3O3. The van der Waals surface area contributed by atoms with Crippen molar-refractivity contribution < 1.29 is 18.3 Å². The van der Waals surface area contributed by atoms with Gasteiger partial charge in [-0.05, 0) is 43.3 Å². The number of carbonyl (C=O) groups excluding carboxylic acids is 1. The van der Waals surface area contributed by atoms with Crippen molar-refractivity contribution in [2.24, 2.45) is 0 Å². The molecule has 0 radical (unpaired) electrons. The zero-order valence-electron chi connectivity index (χ0n) is 15.0. The molecule has 0 saturated heterocycles. The zero-order chi connectivity index (χ0) is 19.4. The molecule has 0 saturated carbocycles. The standard InChI is InChI=1S/C19H19ClFN3O3/c1-3-24-9-8-14(22-24)11-23(2)19(25)18-7-5-15(27-18)12-26-17-6-4-13(21)10-16(17)20/h4-10H,3,11-12H2,1-2H3. The first-order chi connectivity index (χ1) is 13.0. The zero-order valence-corrected chi connectivity index (χ0v) is 15.7. The highest BCUT2D eigenvalue weighted by atomic mass is 35.5. The van der Waals surface area contributed by atoms with Gasteiger partial charge in [0.2, 0.25) is 0 Å². The monoisotopic (exact) mass is 391 g/mol. The largest absolute Gasteiger partial charge is 0.484 e. The van der Waals surface area contributed by atoms with Gasteiger partial charge in [-0.2, -0.15) is 5.10 Å². The molecule has 6 nitrogen and oxygen atoms in total. The first kappa shape index (κ1) is 19.0. The van der Waals surface area contributed by atoms with E-state index in [-0.39, 0.29) is 23.3 Å². The van der Waals surface area contributed by atoms with Crippen molar-refractivity contribution in [3.8, 4) is 5.75 Å². The smallest absolute Gasteiger partial charge is 0.289 e. The van der Waals surface area contributed by atoms with Crippen LogP contribution in [0.1, 0.15) is 28.9 Å². The third-order valence-corrected chi connectivity index (χ3v) is 4.20. The number of hydrogen-bond acceptors (Lipinski definition) is 4. The Morgan fingerprint density at radius 1 is 1.33 bits per heavy atom. The minimum absolute atomic E-state index is 0.0727. The maximum absolute atomic E-state index is 13.0. The number of aryl methyl sites for hydroxylation is 1. The first-order valence-electron chi connectivity index (χ1n) is 8.40. The SMILES string of the molecule is CCn1ccc(CN(C)C(=O)c2ccc(COc3ccc(F)cc3Cl)o2)n1. The van der Waals surface area contributed by atoms with Gasteiger partial charge in [-0.15, -0.1) is 0 Å². The van der Waals surface area contributed by atoms with Crippen LogP contribution in [0.3, 0.4) is 0 Å². The molecule has 27 heavy (non-hydrogen) atoms. The van der Waals surface area contributed by atoms with Gasteiger partial charge in [0, 0.05) is 19.8 Å². The Labute approximate surface area is 161 Å². The van der Waals surface area contributed by atoms with Crippen LogP contribution >= 0.6 is 11.6 Å². The Bertz CT molecular complexity index is 938. The van der Waals surface area contributed by atoms with E-state index in [1.807, 2.05) is 19.2 Å². The lowest BCUT2D eigenvalue weighted by atomic mass is 10.3. The summed E-state index contributed by atoms with van der Waals surface area (Å²) in [5, 5.41) is 4.53. The van der Waals surface area contributed by atoms with Crippen molar-refractivity contribution in [1.29, 1.82) is 0 Å².